The van der Waals surface area contributed by atoms with Gasteiger partial charge in [0.25, 0.3) is 5.91 Å². The number of rotatable bonds is 6. The van der Waals surface area contributed by atoms with Gasteiger partial charge >= 0.3 is 0 Å². The van der Waals surface area contributed by atoms with Crippen molar-refractivity contribution >= 4 is 40.6 Å². The van der Waals surface area contributed by atoms with Gasteiger partial charge in [0, 0.05) is 35.8 Å². The number of nitrogens with zero attached hydrogens (tertiary/aromatic N) is 5. The summed E-state index contributed by atoms with van der Waals surface area (Å²) in [7, 11) is 3.32. The molecule has 0 atom stereocenters. The molecular weight excluding hydrogens is 396 g/mol. The summed E-state index contributed by atoms with van der Waals surface area (Å²) in [4.78, 5) is 31.1. The molecule has 0 fully saturated rings. The Morgan fingerprint density at radius 1 is 1.29 bits per heavy atom. The molecule has 2 heterocycles. The van der Waals surface area contributed by atoms with Crippen LogP contribution in [0.4, 0.5) is 5.69 Å². The van der Waals surface area contributed by atoms with Crippen LogP contribution in [0.3, 0.4) is 0 Å². The normalized spacial score (nSPS) is 10.7. The van der Waals surface area contributed by atoms with Gasteiger partial charge in [-0.2, -0.15) is 0 Å². The number of hydrogen-bond donors (Lipinski definition) is 1. The van der Waals surface area contributed by atoms with Crippen molar-refractivity contribution in [1.82, 2.24) is 24.9 Å². The van der Waals surface area contributed by atoms with Gasteiger partial charge in [-0.3, -0.25) is 9.59 Å². The lowest BCUT2D eigenvalue weighted by molar-refractivity contribution is -0.129. The van der Waals surface area contributed by atoms with E-state index in [1.807, 2.05) is 37.4 Å². The molecule has 0 saturated carbocycles. The van der Waals surface area contributed by atoms with Gasteiger partial charge < -0.3 is 10.2 Å². The van der Waals surface area contributed by atoms with Crippen LogP contribution >= 0.6 is 23.1 Å². The highest BCUT2D eigenvalue weighted by Gasteiger charge is 2.14. The van der Waals surface area contributed by atoms with Gasteiger partial charge in [-0.25, -0.2) is 9.67 Å². The minimum Gasteiger partial charge on any atom is -0.347 e. The first-order valence-electron chi connectivity index (χ1n) is 8.44. The Bertz CT molecular complexity index is 1010. The van der Waals surface area contributed by atoms with Gasteiger partial charge in [-0.15, -0.1) is 16.4 Å². The minimum atomic E-state index is -0.373. The summed E-state index contributed by atoms with van der Waals surface area (Å²) in [5.74, 6) is -0.501. The highest BCUT2D eigenvalue weighted by atomic mass is 32.2. The molecule has 0 aliphatic heterocycles. The van der Waals surface area contributed by atoms with E-state index in [9.17, 15) is 9.59 Å². The third-order valence-corrected chi connectivity index (χ3v) is 5.86. The summed E-state index contributed by atoms with van der Waals surface area (Å²) in [6.45, 7) is 3.94. The molecule has 0 aliphatic rings. The average Bonchev–Trinajstić information content (AvgIpc) is 3.26. The van der Waals surface area contributed by atoms with E-state index in [4.69, 9.17) is 0 Å². The summed E-state index contributed by atoms with van der Waals surface area (Å²) >= 11 is 3.20. The maximum atomic E-state index is 12.4. The second kappa shape index (κ2) is 8.53. The van der Waals surface area contributed by atoms with Crippen molar-refractivity contribution in [2.24, 2.45) is 0 Å². The molecule has 1 N–H and O–H groups in total. The Morgan fingerprint density at radius 2 is 2.07 bits per heavy atom. The summed E-state index contributed by atoms with van der Waals surface area (Å²) in [6.07, 6.45) is 1.46. The zero-order valence-electron chi connectivity index (χ0n) is 16.0. The fourth-order valence-electron chi connectivity index (χ4n) is 2.27. The SMILES string of the molecule is Cc1csc(Sc2ccc(NC(=O)c3cn(CC(=O)N(C)C)nn3)c(C)c2)n1. The molecule has 146 valence electrons. The van der Waals surface area contributed by atoms with Crippen molar-refractivity contribution in [1.29, 1.82) is 0 Å². The van der Waals surface area contributed by atoms with E-state index in [-0.39, 0.29) is 24.1 Å². The zero-order chi connectivity index (χ0) is 20.3. The number of amides is 2. The largest absolute Gasteiger partial charge is 0.347 e. The molecule has 0 bridgehead atoms. The Labute approximate surface area is 171 Å². The molecule has 3 rings (SSSR count). The van der Waals surface area contributed by atoms with Gasteiger partial charge in [0.2, 0.25) is 5.91 Å². The van der Waals surface area contributed by atoms with Crippen molar-refractivity contribution in [3.63, 3.8) is 0 Å². The molecule has 1 aromatic carbocycles. The number of benzene rings is 1. The van der Waals surface area contributed by atoms with Gasteiger partial charge in [-0.1, -0.05) is 17.0 Å². The topological polar surface area (TPSA) is 93.0 Å². The maximum absolute atomic E-state index is 12.4. The van der Waals surface area contributed by atoms with Crippen LogP contribution in [0.15, 0.2) is 39.0 Å². The Morgan fingerprint density at radius 3 is 2.71 bits per heavy atom. The van der Waals surface area contributed by atoms with Crippen LogP contribution in [0, 0.1) is 13.8 Å². The molecule has 10 heteroatoms. The van der Waals surface area contributed by atoms with Gasteiger partial charge in [0.15, 0.2) is 10.0 Å². The molecule has 8 nitrogen and oxygen atoms in total. The fourth-order valence-corrected chi connectivity index (χ4v) is 4.18. The highest BCUT2D eigenvalue weighted by molar-refractivity contribution is 8.01. The molecule has 0 saturated heterocycles. The van der Waals surface area contributed by atoms with Gasteiger partial charge in [0.05, 0.1) is 6.20 Å². The lowest BCUT2D eigenvalue weighted by Crippen LogP contribution is -2.26. The number of aryl methyl sites for hydroxylation is 2. The first-order chi connectivity index (χ1) is 13.3. The second-order valence-corrected chi connectivity index (χ2v) is 8.56. The van der Waals surface area contributed by atoms with Crippen LogP contribution in [-0.2, 0) is 11.3 Å². The summed E-state index contributed by atoms with van der Waals surface area (Å²) in [6, 6.07) is 5.80. The zero-order valence-corrected chi connectivity index (χ0v) is 17.6. The second-order valence-electron chi connectivity index (χ2n) is 6.38. The third-order valence-electron chi connectivity index (χ3n) is 3.82. The van der Waals surface area contributed by atoms with Crippen molar-refractivity contribution in [3.05, 3.63) is 46.7 Å². The number of anilines is 1. The predicted molar refractivity (Wildman–Crippen MR) is 109 cm³/mol. The monoisotopic (exact) mass is 416 g/mol. The first kappa shape index (κ1) is 20.0. The number of thiazole rings is 1. The average molecular weight is 417 g/mol. The molecule has 28 heavy (non-hydrogen) atoms. The molecule has 0 unspecified atom stereocenters. The number of carbonyl (C=O) groups is 2. The van der Waals surface area contributed by atoms with E-state index in [0.717, 1.165) is 20.5 Å². The van der Waals surface area contributed by atoms with E-state index in [2.05, 4.69) is 20.6 Å². The van der Waals surface area contributed by atoms with E-state index < -0.39 is 0 Å². The van der Waals surface area contributed by atoms with Crippen LogP contribution in [0.2, 0.25) is 0 Å². The lowest BCUT2D eigenvalue weighted by atomic mass is 10.2. The summed E-state index contributed by atoms with van der Waals surface area (Å²) in [5, 5.41) is 12.5. The van der Waals surface area contributed by atoms with Crippen molar-refractivity contribution in [2.75, 3.05) is 19.4 Å². The Hall–Kier alpha value is -2.72. The maximum Gasteiger partial charge on any atom is 0.277 e. The van der Waals surface area contributed by atoms with E-state index >= 15 is 0 Å². The van der Waals surface area contributed by atoms with Crippen LogP contribution in [-0.4, -0.2) is 50.8 Å². The summed E-state index contributed by atoms with van der Waals surface area (Å²) in [5.41, 5.74) is 2.79. The quantitative estimate of drug-likeness (QED) is 0.664. The third kappa shape index (κ3) is 4.96. The van der Waals surface area contributed by atoms with Crippen LogP contribution in [0.5, 0.6) is 0 Å². The van der Waals surface area contributed by atoms with Gasteiger partial charge in [0.1, 0.15) is 6.54 Å². The smallest absolute Gasteiger partial charge is 0.277 e. The van der Waals surface area contributed by atoms with E-state index in [0.29, 0.717) is 5.69 Å². The molecule has 2 aromatic heterocycles. The number of nitrogens with one attached hydrogen (secondary N) is 1. The summed E-state index contributed by atoms with van der Waals surface area (Å²) < 4.78 is 2.33. The minimum absolute atomic E-state index is 0.0362. The van der Waals surface area contributed by atoms with Crippen LogP contribution in [0.1, 0.15) is 21.7 Å². The number of carbonyl (C=O) groups excluding carboxylic acids is 2. The molecule has 0 spiro atoms. The Balaban J connectivity index is 1.65. The number of hydrogen-bond acceptors (Lipinski definition) is 7. The lowest BCUT2D eigenvalue weighted by Gasteiger charge is -2.09. The molecule has 0 radical (unpaired) electrons. The van der Waals surface area contributed by atoms with Crippen molar-refractivity contribution < 1.29 is 9.59 Å². The molecule has 2 amide bonds. The number of aromatic nitrogens is 4. The standard InChI is InChI=1S/C18H20N6O2S2/c1-11-7-13(28-18-19-12(2)10-27-18)5-6-14(11)20-17(26)15-8-24(22-21-15)9-16(25)23(3)4/h5-8,10H,9H2,1-4H3,(H,20,26). The Kier molecular flexibility index (Phi) is 6.10. The molecule has 0 aliphatic carbocycles. The molecular formula is C18H20N6O2S2. The van der Waals surface area contributed by atoms with Crippen LogP contribution in [0.25, 0.3) is 0 Å². The fraction of sp³-hybridized carbons (Fsp3) is 0.278. The molecule has 3 aromatic rings. The van der Waals surface area contributed by atoms with Gasteiger partial charge in [-0.05, 0) is 37.6 Å². The predicted octanol–water partition coefficient (Wildman–Crippen LogP) is 2.84. The highest BCUT2D eigenvalue weighted by Crippen LogP contribution is 2.32. The van der Waals surface area contributed by atoms with Crippen LogP contribution < -0.4 is 5.32 Å². The van der Waals surface area contributed by atoms with E-state index in [1.165, 1.54) is 15.8 Å². The van der Waals surface area contributed by atoms with E-state index in [1.54, 1.807) is 37.2 Å². The van der Waals surface area contributed by atoms with Crippen molar-refractivity contribution in [3.8, 4) is 0 Å². The number of likely N-dealkylation sites (N-methyl/N-ethyl adjacent to an activating group) is 1. The van der Waals surface area contributed by atoms with Crippen molar-refractivity contribution in [2.45, 2.75) is 29.6 Å². The first-order valence-corrected chi connectivity index (χ1v) is 10.1.